The molecule has 3 rings (SSSR count). The summed E-state index contributed by atoms with van der Waals surface area (Å²) in [6, 6.07) is 7.01. The highest BCUT2D eigenvalue weighted by molar-refractivity contribution is 5.96. The van der Waals surface area contributed by atoms with Crippen molar-refractivity contribution < 1.29 is 4.79 Å². The molecule has 0 bridgehead atoms. The molecule has 3 nitrogen and oxygen atoms in total. The number of rotatable bonds is 4. The molecule has 1 atom stereocenters. The zero-order chi connectivity index (χ0) is 14.1. The second-order valence-electron chi connectivity index (χ2n) is 6.23. The Bertz CT molecular complexity index is 502. The van der Waals surface area contributed by atoms with Crippen molar-refractivity contribution in [3.05, 3.63) is 34.9 Å². The van der Waals surface area contributed by atoms with Crippen LogP contribution >= 0.6 is 0 Å². The van der Waals surface area contributed by atoms with Crippen molar-refractivity contribution in [3.8, 4) is 0 Å². The van der Waals surface area contributed by atoms with Crippen LogP contribution < -0.4 is 5.32 Å². The van der Waals surface area contributed by atoms with Gasteiger partial charge in [0.25, 0.3) is 5.91 Å². The summed E-state index contributed by atoms with van der Waals surface area (Å²) >= 11 is 0. The molecule has 1 aromatic carbocycles. The van der Waals surface area contributed by atoms with Crippen LogP contribution in [0.5, 0.6) is 0 Å². The molecule has 1 aromatic rings. The van der Waals surface area contributed by atoms with Gasteiger partial charge in [0, 0.05) is 24.2 Å². The van der Waals surface area contributed by atoms with Crippen molar-refractivity contribution in [2.75, 3.05) is 13.1 Å². The fraction of sp³-hybridized carbons (Fsp3) is 0.588. The van der Waals surface area contributed by atoms with E-state index in [1.807, 2.05) is 12.1 Å². The Kier molecular flexibility index (Phi) is 3.79. The van der Waals surface area contributed by atoms with E-state index < -0.39 is 0 Å². The van der Waals surface area contributed by atoms with Gasteiger partial charge < -0.3 is 10.2 Å². The first-order valence-electron chi connectivity index (χ1n) is 7.77. The third-order valence-electron chi connectivity index (χ3n) is 4.66. The summed E-state index contributed by atoms with van der Waals surface area (Å²) in [7, 11) is 0. The molecule has 1 aliphatic heterocycles. The SMILES string of the molecule is Cc1cccc(C(=O)N(C[C@@H]2CCCN2)C2CC2)c1C. The third kappa shape index (κ3) is 2.73. The average Bonchev–Trinajstić information content (AvgIpc) is 3.15. The summed E-state index contributed by atoms with van der Waals surface area (Å²) in [6.07, 6.45) is 4.77. The van der Waals surface area contributed by atoms with Crippen LogP contribution in [-0.4, -0.2) is 36.0 Å². The second-order valence-corrected chi connectivity index (χ2v) is 6.23. The maximum Gasteiger partial charge on any atom is 0.254 e. The summed E-state index contributed by atoms with van der Waals surface area (Å²) in [5, 5.41) is 3.51. The van der Waals surface area contributed by atoms with Crippen molar-refractivity contribution in [1.82, 2.24) is 10.2 Å². The van der Waals surface area contributed by atoms with Gasteiger partial charge in [0.2, 0.25) is 0 Å². The number of amides is 1. The maximum atomic E-state index is 12.9. The predicted octanol–water partition coefficient (Wildman–Crippen LogP) is 2.66. The Morgan fingerprint density at radius 3 is 2.75 bits per heavy atom. The van der Waals surface area contributed by atoms with Gasteiger partial charge in [-0.05, 0) is 63.3 Å². The van der Waals surface area contributed by atoms with Gasteiger partial charge in [0.05, 0.1) is 0 Å². The second kappa shape index (κ2) is 5.57. The van der Waals surface area contributed by atoms with Crippen molar-refractivity contribution in [1.29, 1.82) is 0 Å². The van der Waals surface area contributed by atoms with Gasteiger partial charge >= 0.3 is 0 Å². The average molecular weight is 272 g/mol. The highest BCUT2D eigenvalue weighted by atomic mass is 16.2. The van der Waals surface area contributed by atoms with E-state index in [2.05, 4.69) is 30.1 Å². The number of carbonyl (C=O) groups excluding carboxylic acids is 1. The summed E-state index contributed by atoms with van der Waals surface area (Å²) in [4.78, 5) is 15.0. The number of nitrogens with one attached hydrogen (secondary N) is 1. The van der Waals surface area contributed by atoms with Gasteiger partial charge in [-0.2, -0.15) is 0 Å². The van der Waals surface area contributed by atoms with E-state index in [-0.39, 0.29) is 5.91 Å². The zero-order valence-corrected chi connectivity index (χ0v) is 12.5. The number of aryl methyl sites for hydroxylation is 1. The fourth-order valence-corrected chi connectivity index (χ4v) is 3.07. The molecule has 108 valence electrons. The standard InChI is InChI=1S/C17H24N2O/c1-12-5-3-7-16(13(12)2)17(20)19(15-8-9-15)11-14-6-4-10-18-14/h3,5,7,14-15,18H,4,6,8-11H2,1-2H3/t14-/m0/s1. The molecule has 0 aromatic heterocycles. The Balaban J connectivity index is 1.79. The Morgan fingerprint density at radius 1 is 1.30 bits per heavy atom. The quantitative estimate of drug-likeness (QED) is 0.914. The van der Waals surface area contributed by atoms with Crippen LogP contribution in [-0.2, 0) is 0 Å². The van der Waals surface area contributed by atoms with Gasteiger partial charge in [-0.25, -0.2) is 0 Å². The summed E-state index contributed by atoms with van der Waals surface area (Å²) in [6.45, 7) is 6.10. The first kappa shape index (κ1) is 13.6. The lowest BCUT2D eigenvalue weighted by Crippen LogP contribution is -2.42. The smallest absolute Gasteiger partial charge is 0.254 e. The summed E-state index contributed by atoms with van der Waals surface area (Å²) in [5.41, 5.74) is 3.21. The minimum atomic E-state index is 0.224. The third-order valence-corrected chi connectivity index (χ3v) is 4.66. The van der Waals surface area contributed by atoms with Crippen molar-refractivity contribution >= 4 is 5.91 Å². The van der Waals surface area contributed by atoms with E-state index in [1.165, 1.54) is 31.2 Å². The van der Waals surface area contributed by atoms with Crippen molar-refractivity contribution in [2.24, 2.45) is 0 Å². The molecule has 1 saturated heterocycles. The minimum Gasteiger partial charge on any atom is -0.334 e. The molecule has 0 unspecified atom stereocenters. The number of hydrogen-bond donors (Lipinski definition) is 1. The molecule has 1 heterocycles. The molecule has 2 fully saturated rings. The topological polar surface area (TPSA) is 32.3 Å². The van der Waals surface area contributed by atoms with E-state index in [9.17, 15) is 4.79 Å². The molecular formula is C17H24N2O. The summed E-state index contributed by atoms with van der Waals surface area (Å²) in [5.74, 6) is 0.224. The van der Waals surface area contributed by atoms with Crippen LogP contribution in [0, 0.1) is 13.8 Å². The fourth-order valence-electron chi connectivity index (χ4n) is 3.07. The van der Waals surface area contributed by atoms with Crippen LogP contribution in [0.15, 0.2) is 18.2 Å². The molecule has 2 aliphatic rings. The van der Waals surface area contributed by atoms with E-state index >= 15 is 0 Å². The van der Waals surface area contributed by atoms with Gasteiger partial charge in [-0.1, -0.05) is 12.1 Å². The van der Waals surface area contributed by atoms with Crippen LogP contribution in [0.4, 0.5) is 0 Å². The zero-order valence-electron chi connectivity index (χ0n) is 12.5. The molecular weight excluding hydrogens is 248 g/mol. The maximum absolute atomic E-state index is 12.9. The highest BCUT2D eigenvalue weighted by Gasteiger charge is 2.35. The van der Waals surface area contributed by atoms with E-state index in [1.54, 1.807) is 0 Å². The van der Waals surface area contributed by atoms with Gasteiger partial charge in [0.1, 0.15) is 0 Å². The largest absolute Gasteiger partial charge is 0.334 e. The van der Waals surface area contributed by atoms with Gasteiger partial charge in [-0.3, -0.25) is 4.79 Å². The number of benzene rings is 1. The molecule has 0 radical (unpaired) electrons. The molecule has 3 heteroatoms. The van der Waals surface area contributed by atoms with E-state index in [0.717, 1.165) is 24.2 Å². The van der Waals surface area contributed by atoms with Crippen LogP contribution in [0.2, 0.25) is 0 Å². The Labute approximate surface area is 121 Å². The monoisotopic (exact) mass is 272 g/mol. The lowest BCUT2D eigenvalue weighted by Gasteiger charge is -2.26. The lowest BCUT2D eigenvalue weighted by atomic mass is 10.0. The first-order valence-corrected chi connectivity index (χ1v) is 7.77. The highest BCUT2D eigenvalue weighted by Crippen LogP contribution is 2.30. The van der Waals surface area contributed by atoms with E-state index in [4.69, 9.17) is 0 Å². The molecule has 1 saturated carbocycles. The van der Waals surface area contributed by atoms with Gasteiger partial charge in [-0.15, -0.1) is 0 Å². The van der Waals surface area contributed by atoms with Crippen LogP contribution in [0.25, 0.3) is 0 Å². The van der Waals surface area contributed by atoms with Crippen molar-refractivity contribution in [2.45, 2.75) is 51.6 Å². The van der Waals surface area contributed by atoms with Crippen LogP contribution in [0.3, 0.4) is 0 Å². The lowest BCUT2D eigenvalue weighted by molar-refractivity contribution is 0.0728. The molecule has 1 aliphatic carbocycles. The molecule has 0 spiro atoms. The predicted molar refractivity (Wildman–Crippen MR) is 81.0 cm³/mol. The first-order chi connectivity index (χ1) is 9.66. The minimum absolute atomic E-state index is 0.224. The van der Waals surface area contributed by atoms with E-state index in [0.29, 0.717) is 12.1 Å². The summed E-state index contributed by atoms with van der Waals surface area (Å²) < 4.78 is 0. The normalized spacial score (nSPS) is 22.0. The Morgan fingerprint density at radius 2 is 2.10 bits per heavy atom. The molecule has 1 amide bonds. The molecule has 20 heavy (non-hydrogen) atoms. The number of carbonyl (C=O) groups is 1. The number of hydrogen-bond acceptors (Lipinski definition) is 2. The Hall–Kier alpha value is -1.35. The van der Waals surface area contributed by atoms with Crippen LogP contribution in [0.1, 0.15) is 47.2 Å². The van der Waals surface area contributed by atoms with Crippen molar-refractivity contribution in [3.63, 3.8) is 0 Å². The number of nitrogens with zero attached hydrogens (tertiary/aromatic N) is 1. The van der Waals surface area contributed by atoms with Gasteiger partial charge in [0.15, 0.2) is 0 Å². The molecule has 1 N–H and O–H groups in total.